The molecule has 6 nitrogen and oxygen atoms in total. The summed E-state index contributed by atoms with van der Waals surface area (Å²) in [5, 5.41) is 13.0. The number of benzene rings is 1. The minimum atomic E-state index is -1.32. The van der Waals surface area contributed by atoms with Crippen LogP contribution in [0.1, 0.15) is 10.4 Å². The lowest BCUT2D eigenvalue weighted by Gasteiger charge is -2.01. The Morgan fingerprint density at radius 3 is 2.73 bits per heavy atom. The molecular formula is C9H6N2O4. The highest BCUT2D eigenvalue weighted by molar-refractivity contribution is 5.89. The molecule has 0 aliphatic carbocycles. The van der Waals surface area contributed by atoms with Crippen LogP contribution in [0.25, 0.3) is 5.69 Å². The molecule has 2 aromatic rings. The molecule has 0 saturated carbocycles. The van der Waals surface area contributed by atoms with E-state index in [1.165, 1.54) is 16.8 Å². The summed E-state index contributed by atoms with van der Waals surface area (Å²) in [6, 6.07) is 6.10. The summed E-state index contributed by atoms with van der Waals surface area (Å²) < 4.78 is 5.60. The standard InChI is InChI=1S/C9H6N2O4/c12-8-5-11(10-15-8)7-4-2-1-3-6(7)9(13)14/h1-5H,(H-,10,12,13,14). The normalized spacial score (nSPS) is 10.1. The number of hydrogen-bond donors (Lipinski definition) is 1. The molecule has 0 saturated heterocycles. The Hall–Kier alpha value is -2.37. The number of carbonyl (C=O) groups excluding carboxylic acids is 1. The molecule has 0 spiro atoms. The lowest BCUT2D eigenvalue weighted by atomic mass is 10.2. The maximum atomic E-state index is 10.8. The van der Waals surface area contributed by atoms with Crippen LogP contribution in [0.2, 0.25) is 0 Å². The van der Waals surface area contributed by atoms with Gasteiger partial charge in [0.05, 0.1) is 11.5 Å². The number of nitrogens with zero attached hydrogens (tertiary/aromatic N) is 1. The third kappa shape index (κ3) is 1.64. The van der Waals surface area contributed by atoms with Crippen molar-refractivity contribution in [2.75, 3.05) is 0 Å². The minimum absolute atomic E-state index is 0.0282. The Morgan fingerprint density at radius 2 is 2.13 bits per heavy atom. The highest BCUT2D eigenvalue weighted by Crippen LogP contribution is 2.05. The molecule has 0 aliphatic heterocycles. The zero-order valence-corrected chi connectivity index (χ0v) is 7.47. The predicted molar refractivity (Wildman–Crippen MR) is 45.2 cm³/mol. The number of H-pyrrole nitrogens is 1. The van der Waals surface area contributed by atoms with Gasteiger partial charge in [-0.3, -0.25) is 4.52 Å². The van der Waals surface area contributed by atoms with Crippen molar-refractivity contribution in [3.05, 3.63) is 46.4 Å². The van der Waals surface area contributed by atoms with E-state index in [0.717, 1.165) is 6.20 Å². The van der Waals surface area contributed by atoms with Gasteiger partial charge in [-0.05, 0) is 16.0 Å². The lowest BCUT2D eigenvalue weighted by Crippen LogP contribution is -2.36. The fourth-order valence-corrected chi connectivity index (χ4v) is 1.23. The SMILES string of the molecule is O=C([O-])c1ccccc1-[n+]1cc(=O)o[nH]1. The zero-order chi connectivity index (χ0) is 10.8. The second-order valence-corrected chi connectivity index (χ2v) is 2.82. The van der Waals surface area contributed by atoms with Gasteiger partial charge in [-0.2, -0.15) is 0 Å². The van der Waals surface area contributed by atoms with Gasteiger partial charge in [-0.25, -0.2) is 4.79 Å². The Balaban J connectivity index is 2.62. The topological polar surface area (TPSA) is 90.0 Å². The Morgan fingerprint density at radius 1 is 1.40 bits per heavy atom. The molecule has 76 valence electrons. The predicted octanol–water partition coefficient (Wildman–Crippen LogP) is -1.39. The number of nitrogens with one attached hydrogen (secondary N) is 1. The van der Waals surface area contributed by atoms with Crippen molar-refractivity contribution >= 4 is 5.97 Å². The Kier molecular flexibility index (Phi) is 2.09. The third-order valence-electron chi connectivity index (χ3n) is 1.86. The molecule has 15 heavy (non-hydrogen) atoms. The number of aromatic nitrogens is 2. The van der Waals surface area contributed by atoms with Gasteiger partial charge < -0.3 is 9.90 Å². The van der Waals surface area contributed by atoms with Gasteiger partial charge in [-0.15, -0.1) is 0 Å². The number of aromatic carboxylic acids is 1. The maximum Gasteiger partial charge on any atom is 0.427 e. The van der Waals surface area contributed by atoms with E-state index in [1.807, 2.05) is 0 Å². The van der Waals surface area contributed by atoms with E-state index in [9.17, 15) is 14.7 Å². The summed E-state index contributed by atoms with van der Waals surface area (Å²) in [7, 11) is 0. The number of hydrogen-bond acceptors (Lipinski definition) is 4. The van der Waals surface area contributed by atoms with Crippen LogP contribution in [0.3, 0.4) is 0 Å². The molecule has 2 rings (SSSR count). The van der Waals surface area contributed by atoms with Crippen LogP contribution >= 0.6 is 0 Å². The number of para-hydroxylation sites is 1. The van der Waals surface area contributed by atoms with Crippen LogP contribution in [-0.2, 0) is 0 Å². The van der Waals surface area contributed by atoms with E-state index in [4.69, 9.17) is 0 Å². The molecule has 6 heteroatoms. The van der Waals surface area contributed by atoms with Crippen molar-refractivity contribution in [1.29, 1.82) is 0 Å². The van der Waals surface area contributed by atoms with Gasteiger partial charge in [-0.1, -0.05) is 12.1 Å². The average Bonchev–Trinajstić information content (AvgIpc) is 2.65. The summed E-state index contributed by atoms with van der Waals surface area (Å²) in [5.41, 5.74) is -0.342. The molecule has 1 N–H and O–H groups in total. The molecule has 0 radical (unpaired) electrons. The zero-order valence-electron chi connectivity index (χ0n) is 7.47. The highest BCUT2D eigenvalue weighted by atomic mass is 16.5. The summed E-state index contributed by atoms with van der Waals surface area (Å²) in [6.07, 6.45) is 1.10. The number of rotatable bonds is 2. The molecule has 0 amide bonds. The molecule has 0 fully saturated rings. The number of carbonyl (C=O) groups is 1. The van der Waals surface area contributed by atoms with Gasteiger partial charge in [0.25, 0.3) is 6.20 Å². The lowest BCUT2D eigenvalue weighted by molar-refractivity contribution is -0.670. The Bertz CT molecular complexity index is 555. The summed E-state index contributed by atoms with van der Waals surface area (Å²) in [5.74, 6) is -1.32. The van der Waals surface area contributed by atoms with E-state index < -0.39 is 11.6 Å². The van der Waals surface area contributed by atoms with Crippen molar-refractivity contribution < 1.29 is 19.1 Å². The number of carboxylic acids is 1. The van der Waals surface area contributed by atoms with Crippen molar-refractivity contribution in [1.82, 2.24) is 5.27 Å². The third-order valence-corrected chi connectivity index (χ3v) is 1.86. The molecule has 0 unspecified atom stereocenters. The molecule has 0 aliphatic rings. The van der Waals surface area contributed by atoms with Gasteiger partial charge in [0, 0.05) is 6.07 Å². The number of aromatic amines is 1. The smallest absolute Gasteiger partial charge is 0.427 e. The van der Waals surface area contributed by atoms with Crippen molar-refractivity contribution in [3.8, 4) is 5.69 Å². The molecule has 0 bridgehead atoms. The minimum Gasteiger partial charge on any atom is -0.545 e. The fourth-order valence-electron chi connectivity index (χ4n) is 1.23. The molecule has 1 heterocycles. The van der Waals surface area contributed by atoms with Crippen LogP contribution in [0.15, 0.2) is 39.8 Å². The van der Waals surface area contributed by atoms with Crippen LogP contribution in [0.4, 0.5) is 0 Å². The summed E-state index contributed by atoms with van der Waals surface area (Å²) in [4.78, 5) is 21.5. The van der Waals surface area contributed by atoms with Gasteiger partial charge in [0.1, 0.15) is 0 Å². The maximum absolute atomic E-state index is 10.8. The van der Waals surface area contributed by atoms with Crippen molar-refractivity contribution in [2.45, 2.75) is 0 Å². The summed E-state index contributed by atoms with van der Waals surface area (Å²) in [6.45, 7) is 0. The van der Waals surface area contributed by atoms with Crippen molar-refractivity contribution in [3.63, 3.8) is 0 Å². The van der Waals surface area contributed by atoms with E-state index in [0.29, 0.717) is 0 Å². The second kappa shape index (κ2) is 3.41. The van der Waals surface area contributed by atoms with E-state index in [2.05, 4.69) is 9.79 Å². The first kappa shape index (κ1) is 9.20. The van der Waals surface area contributed by atoms with E-state index in [1.54, 1.807) is 12.1 Å². The van der Waals surface area contributed by atoms with Crippen LogP contribution in [0, 0.1) is 0 Å². The second-order valence-electron chi connectivity index (χ2n) is 2.82. The van der Waals surface area contributed by atoms with Crippen LogP contribution in [-0.4, -0.2) is 11.2 Å². The summed E-state index contributed by atoms with van der Waals surface area (Å²) >= 11 is 0. The molecule has 1 aromatic carbocycles. The Labute approximate surface area is 83.3 Å². The monoisotopic (exact) mass is 206 g/mol. The highest BCUT2D eigenvalue weighted by Gasteiger charge is 2.15. The first-order valence-corrected chi connectivity index (χ1v) is 4.09. The van der Waals surface area contributed by atoms with E-state index >= 15 is 0 Å². The fraction of sp³-hybridized carbons (Fsp3) is 0. The first-order valence-electron chi connectivity index (χ1n) is 4.09. The first-order chi connectivity index (χ1) is 7.18. The molecule has 1 aromatic heterocycles. The van der Waals surface area contributed by atoms with Gasteiger partial charge in [0.2, 0.25) is 5.69 Å². The van der Waals surface area contributed by atoms with Crippen molar-refractivity contribution in [2.24, 2.45) is 0 Å². The largest absolute Gasteiger partial charge is 0.545 e. The molecular weight excluding hydrogens is 200 g/mol. The quantitative estimate of drug-likeness (QED) is 0.612. The number of carboxylic acid groups (broad SMARTS) is 1. The van der Waals surface area contributed by atoms with Gasteiger partial charge in [0.15, 0.2) is 0 Å². The van der Waals surface area contributed by atoms with E-state index in [-0.39, 0.29) is 11.3 Å². The van der Waals surface area contributed by atoms with Crippen LogP contribution in [0.5, 0.6) is 0 Å². The van der Waals surface area contributed by atoms with Crippen LogP contribution < -0.4 is 15.4 Å². The average molecular weight is 206 g/mol. The molecule has 0 atom stereocenters. The van der Waals surface area contributed by atoms with Gasteiger partial charge >= 0.3 is 5.63 Å².